The fourth-order valence-corrected chi connectivity index (χ4v) is 5.75. The lowest BCUT2D eigenvalue weighted by molar-refractivity contribution is -0.219. The van der Waals surface area contributed by atoms with Crippen LogP contribution in [0.3, 0.4) is 0 Å². The summed E-state index contributed by atoms with van der Waals surface area (Å²) in [5.41, 5.74) is 1.34. The van der Waals surface area contributed by atoms with E-state index in [4.69, 9.17) is 14.7 Å². The fourth-order valence-electron chi connectivity index (χ4n) is 5.14. The molecule has 1 atom stereocenters. The average Bonchev–Trinajstić information content (AvgIpc) is 3.52. The molecule has 250 valence electrons. The summed E-state index contributed by atoms with van der Waals surface area (Å²) in [7, 11) is 0. The van der Waals surface area contributed by atoms with Crippen molar-refractivity contribution >= 4 is 29.6 Å². The van der Waals surface area contributed by atoms with E-state index in [0.29, 0.717) is 35.3 Å². The highest BCUT2D eigenvalue weighted by atomic mass is 32.2. The number of carboxylic acid groups (broad SMARTS) is 1. The van der Waals surface area contributed by atoms with Crippen LogP contribution in [0.4, 0.5) is 24.8 Å². The zero-order valence-corrected chi connectivity index (χ0v) is 27.4. The topological polar surface area (TPSA) is 105 Å². The Morgan fingerprint density at radius 1 is 1.02 bits per heavy atom. The summed E-state index contributed by atoms with van der Waals surface area (Å²) in [6.07, 6.45) is 1.90. The minimum Gasteiger partial charge on any atom is -0.481 e. The first kappa shape index (κ1) is 34.1. The third kappa shape index (κ3) is 8.56. The van der Waals surface area contributed by atoms with E-state index in [2.05, 4.69) is 15.9 Å². The molecule has 0 aliphatic carbocycles. The van der Waals surface area contributed by atoms with Gasteiger partial charge in [0.05, 0.1) is 22.7 Å². The molecule has 3 aromatic heterocycles. The number of ether oxygens (including phenoxy) is 1. The minimum absolute atomic E-state index is 0.0857. The first-order valence-corrected chi connectivity index (χ1v) is 16.5. The molecule has 47 heavy (non-hydrogen) atoms. The Balaban J connectivity index is 1.47. The second kappa shape index (κ2) is 14.7. The molecule has 13 heteroatoms. The second-order valence-corrected chi connectivity index (χ2v) is 13.2. The van der Waals surface area contributed by atoms with Gasteiger partial charge >= 0.3 is 12.1 Å². The third-order valence-corrected chi connectivity index (χ3v) is 8.89. The number of aryl methyl sites for hydroxylation is 1. The van der Waals surface area contributed by atoms with Crippen molar-refractivity contribution in [1.82, 2.24) is 19.7 Å². The molecular formula is C34H39F3N6O3S. The van der Waals surface area contributed by atoms with Crippen LogP contribution in [0.5, 0.6) is 5.88 Å². The predicted octanol–water partition coefficient (Wildman–Crippen LogP) is 8.06. The molecule has 0 spiro atoms. The van der Waals surface area contributed by atoms with Crippen molar-refractivity contribution in [3.63, 3.8) is 0 Å². The summed E-state index contributed by atoms with van der Waals surface area (Å²) in [6.45, 7) is 4.41. The summed E-state index contributed by atoms with van der Waals surface area (Å²) in [4.78, 5) is 23.5. The Morgan fingerprint density at radius 2 is 1.81 bits per heavy atom. The number of aromatic nitrogens is 4. The van der Waals surface area contributed by atoms with Crippen LogP contribution in [0.15, 0.2) is 71.9 Å². The van der Waals surface area contributed by atoms with Gasteiger partial charge in [0, 0.05) is 42.9 Å². The molecule has 0 fully saturated rings. The average molecular weight is 669 g/mol. The number of rotatable bonds is 7. The van der Waals surface area contributed by atoms with Gasteiger partial charge in [0.25, 0.3) is 0 Å². The standard InChI is InChI=1S/C34H39F3N6O3S/c1-23(32(44)45)21-42-19-9-5-4-6-11-24-12-7-8-13-25(24)31-26(16-17-27(38-31)41-47-30-15-10-14-28(42)39-30)43-20-18-29(40-43)46-22-33(2,3)34(35,36)37/h7-8,10,12-18,20,23H,4-6,9,11,19,21-22H2,1-3H3,(H,38,41)(H,44,45). The number of pyridine rings is 2. The van der Waals surface area contributed by atoms with Crippen LogP contribution in [0.2, 0.25) is 0 Å². The Hall–Kier alpha value is -4.26. The molecule has 1 unspecified atom stereocenters. The summed E-state index contributed by atoms with van der Waals surface area (Å²) >= 11 is 1.30. The molecular weight excluding hydrogens is 629 g/mol. The molecule has 0 amide bonds. The number of anilines is 2. The number of fused-ring (bicyclic) bond motifs is 6. The maximum absolute atomic E-state index is 13.4. The summed E-state index contributed by atoms with van der Waals surface area (Å²) < 4.78 is 50.5. The van der Waals surface area contributed by atoms with Crippen molar-refractivity contribution in [1.29, 1.82) is 0 Å². The summed E-state index contributed by atoms with van der Waals surface area (Å²) in [5.74, 6) is 0.00602. The van der Waals surface area contributed by atoms with E-state index in [1.165, 1.54) is 11.9 Å². The number of hydrogen-bond acceptors (Lipinski definition) is 8. The number of halogens is 3. The Kier molecular flexibility index (Phi) is 10.6. The van der Waals surface area contributed by atoms with Crippen LogP contribution in [-0.2, 0) is 11.2 Å². The number of carboxylic acids is 1. The molecule has 1 aliphatic rings. The molecule has 5 rings (SSSR count). The van der Waals surface area contributed by atoms with Gasteiger partial charge < -0.3 is 19.5 Å². The number of alkyl halides is 3. The quantitative estimate of drug-likeness (QED) is 0.189. The minimum atomic E-state index is -4.41. The van der Waals surface area contributed by atoms with Gasteiger partial charge in [0.15, 0.2) is 0 Å². The lowest BCUT2D eigenvalue weighted by Crippen LogP contribution is -2.37. The van der Waals surface area contributed by atoms with Crippen LogP contribution >= 0.6 is 11.9 Å². The molecule has 2 N–H and O–H groups in total. The highest BCUT2D eigenvalue weighted by Crippen LogP contribution is 2.38. The van der Waals surface area contributed by atoms with Crippen LogP contribution in [-0.4, -0.2) is 56.7 Å². The van der Waals surface area contributed by atoms with Gasteiger partial charge in [-0.2, -0.15) is 13.2 Å². The van der Waals surface area contributed by atoms with Gasteiger partial charge in [-0.15, -0.1) is 5.10 Å². The van der Waals surface area contributed by atoms with Crippen LogP contribution in [0.25, 0.3) is 16.9 Å². The molecule has 0 saturated heterocycles. The van der Waals surface area contributed by atoms with Crippen molar-refractivity contribution in [3.8, 4) is 22.8 Å². The Morgan fingerprint density at radius 3 is 2.60 bits per heavy atom. The number of carbonyl (C=O) groups is 1. The largest absolute Gasteiger partial charge is 0.481 e. The van der Waals surface area contributed by atoms with E-state index >= 15 is 0 Å². The number of aliphatic carboxylic acids is 1. The third-order valence-electron chi connectivity index (χ3n) is 8.14. The van der Waals surface area contributed by atoms with Crippen molar-refractivity contribution in [2.24, 2.45) is 11.3 Å². The number of hydrogen-bond donors (Lipinski definition) is 2. The van der Waals surface area contributed by atoms with Crippen LogP contribution in [0.1, 0.15) is 52.0 Å². The van der Waals surface area contributed by atoms with E-state index in [0.717, 1.165) is 62.9 Å². The van der Waals surface area contributed by atoms with Crippen molar-refractivity contribution in [2.45, 2.75) is 64.1 Å². The molecule has 1 aliphatic heterocycles. The zero-order valence-electron chi connectivity index (χ0n) is 26.6. The normalized spacial score (nSPS) is 15.2. The van der Waals surface area contributed by atoms with E-state index in [1.807, 2.05) is 53.4 Å². The van der Waals surface area contributed by atoms with E-state index in [1.54, 1.807) is 23.9 Å². The number of benzene rings is 1. The van der Waals surface area contributed by atoms with Gasteiger partial charge in [-0.1, -0.05) is 50.1 Å². The summed E-state index contributed by atoms with van der Waals surface area (Å²) in [6, 6.07) is 19.0. The van der Waals surface area contributed by atoms with Crippen molar-refractivity contribution < 1.29 is 27.8 Å². The maximum Gasteiger partial charge on any atom is 0.397 e. The lowest BCUT2D eigenvalue weighted by atomic mass is 9.94. The van der Waals surface area contributed by atoms with Crippen LogP contribution in [0, 0.1) is 11.3 Å². The maximum atomic E-state index is 13.4. The van der Waals surface area contributed by atoms with E-state index in [-0.39, 0.29) is 5.88 Å². The van der Waals surface area contributed by atoms with Crippen molar-refractivity contribution in [3.05, 3.63) is 72.4 Å². The fraction of sp³-hybridized carbons (Fsp3) is 0.412. The van der Waals surface area contributed by atoms with Gasteiger partial charge in [0.2, 0.25) is 5.88 Å². The highest BCUT2D eigenvalue weighted by Gasteiger charge is 2.48. The molecule has 0 radical (unpaired) electrons. The predicted molar refractivity (Wildman–Crippen MR) is 177 cm³/mol. The van der Waals surface area contributed by atoms with Gasteiger partial charge in [0.1, 0.15) is 23.3 Å². The molecule has 9 nitrogen and oxygen atoms in total. The lowest BCUT2D eigenvalue weighted by Gasteiger charge is -2.26. The second-order valence-electron chi connectivity index (χ2n) is 12.4. The molecule has 0 saturated carbocycles. The van der Waals surface area contributed by atoms with Crippen LogP contribution < -0.4 is 14.4 Å². The monoisotopic (exact) mass is 668 g/mol. The van der Waals surface area contributed by atoms with Gasteiger partial charge in [-0.25, -0.2) is 14.6 Å². The Labute approximate surface area is 276 Å². The Bertz CT molecular complexity index is 1680. The smallest absolute Gasteiger partial charge is 0.397 e. The van der Waals surface area contributed by atoms with E-state index in [9.17, 15) is 23.1 Å². The number of nitrogens with one attached hydrogen (secondary N) is 1. The van der Waals surface area contributed by atoms with Gasteiger partial charge in [-0.3, -0.25) is 4.79 Å². The molecule has 4 aromatic rings. The van der Waals surface area contributed by atoms with E-state index < -0.39 is 30.1 Å². The first-order valence-electron chi connectivity index (χ1n) is 15.6. The zero-order chi connectivity index (χ0) is 33.6. The first-order chi connectivity index (χ1) is 22.4. The summed E-state index contributed by atoms with van der Waals surface area (Å²) in [5, 5.41) is 14.7. The molecule has 4 bridgehead atoms. The molecule has 4 heterocycles. The van der Waals surface area contributed by atoms with Gasteiger partial charge in [-0.05, 0) is 62.9 Å². The van der Waals surface area contributed by atoms with Crippen molar-refractivity contribution in [2.75, 3.05) is 29.3 Å². The molecule has 1 aromatic carbocycles. The SMILES string of the molecule is CC(CN1CCCCCCc2ccccc2-c2nc(ccc2-n2ccc(OCC(C)(C)C(F)(F)F)n2)NSc2cccc1n2)C(=O)O. The number of nitrogens with zero attached hydrogens (tertiary/aromatic N) is 5. The highest BCUT2D eigenvalue weighted by molar-refractivity contribution is 8.00.